The van der Waals surface area contributed by atoms with Crippen molar-refractivity contribution in [3.63, 3.8) is 0 Å². The largest absolute Gasteiger partial charge is 0.439 e. The van der Waals surface area contributed by atoms with Crippen molar-refractivity contribution in [1.29, 1.82) is 0 Å². The summed E-state index contributed by atoms with van der Waals surface area (Å²) in [6.07, 6.45) is 0. The molecular weight excluding hydrogens is 412 g/mol. The summed E-state index contributed by atoms with van der Waals surface area (Å²) < 4.78 is 5.29. The third-order valence-corrected chi connectivity index (χ3v) is 4.69. The zero-order chi connectivity index (χ0) is 17.8. The number of carbonyl (C=O) groups is 2. The smallest absolute Gasteiger partial charge is 0.342 e. The number of aromatic nitrogens is 2. The number of H-pyrrole nitrogens is 1. The van der Waals surface area contributed by atoms with Gasteiger partial charge in [-0.15, -0.1) is 11.3 Å². The fourth-order valence-corrected chi connectivity index (χ4v) is 3.29. The highest BCUT2D eigenvalue weighted by molar-refractivity contribution is 9.11. The van der Waals surface area contributed by atoms with E-state index < -0.39 is 5.76 Å². The average Bonchev–Trinajstić information content (AvgIpc) is 3.21. The van der Waals surface area contributed by atoms with E-state index in [2.05, 4.69) is 41.2 Å². The van der Waals surface area contributed by atoms with E-state index >= 15 is 0 Å². The van der Waals surface area contributed by atoms with Crippen LogP contribution in [0.2, 0.25) is 0 Å². The first-order valence-electron chi connectivity index (χ1n) is 7.01. The van der Waals surface area contributed by atoms with Crippen LogP contribution in [0, 0.1) is 0 Å². The second kappa shape index (κ2) is 7.45. The van der Waals surface area contributed by atoms with Crippen molar-refractivity contribution in [2.45, 2.75) is 0 Å². The number of hydrogen-bond donors (Lipinski definition) is 3. The standard InChI is InChI=1S/C15H11BrN4O4S/c16-11-5-4-10(25-11)14(22)17-7-12(21)18-9-3-1-2-8(6-9)13-19-15(23)24-20-13/h1-6H,7H2,(H,17,22)(H,18,21)(H,19,20,23). The molecule has 3 aromatic rings. The molecule has 25 heavy (non-hydrogen) atoms. The molecule has 0 aliphatic carbocycles. The number of benzene rings is 1. The maximum atomic E-state index is 12.0. The molecule has 0 atom stereocenters. The number of hydrogen-bond acceptors (Lipinski definition) is 6. The van der Waals surface area contributed by atoms with Gasteiger partial charge in [0, 0.05) is 11.3 Å². The lowest BCUT2D eigenvalue weighted by molar-refractivity contribution is -0.115. The molecule has 1 aromatic carbocycles. The monoisotopic (exact) mass is 422 g/mol. The average molecular weight is 423 g/mol. The van der Waals surface area contributed by atoms with Crippen LogP contribution in [0.3, 0.4) is 0 Å². The lowest BCUT2D eigenvalue weighted by Crippen LogP contribution is -2.32. The fraction of sp³-hybridized carbons (Fsp3) is 0.0667. The van der Waals surface area contributed by atoms with E-state index in [0.29, 0.717) is 16.1 Å². The molecule has 0 radical (unpaired) electrons. The Labute approximate surface area is 153 Å². The van der Waals surface area contributed by atoms with Gasteiger partial charge in [0.15, 0.2) is 5.82 Å². The van der Waals surface area contributed by atoms with E-state index in [1.165, 1.54) is 11.3 Å². The topological polar surface area (TPSA) is 117 Å². The Morgan fingerprint density at radius 2 is 2.12 bits per heavy atom. The third-order valence-electron chi connectivity index (χ3n) is 3.07. The quantitative estimate of drug-likeness (QED) is 0.582. The van der Waals surface area contributed by atoms with Crippen molar-refractivity contribution in [3.8, 4) is 11.4 Å². The number of aromatic amines is 1. The molecule has 0 bridgehead atoms. The van der Waals surface area contributed by atoms with Crippen molar-refractivity contribution in [3.05, 3.63) is 55.6 Å². The van der Waals surface area contributed by atoms with Crippen LogP contribution in [-0.4, -0.2) is 28.5 Å². The summed E-state index contributed by atoms with van der Waals surface area (Å²) in [7, 11) is 0. The molecule has 8 nitrogen and oxygen atoms in total. The van der Waals surface area contributed by atoms with Crippen LogP contribution >= 0.6 is 27.3 Å². The molecule has 2 aromatic heterocycles. The summed E-state index contributed by atoms with van der Waals surface area (Å²) in [6, 6.07) is 10.1. The maximum Gasteiger partial charge on any atom is 0.439 e. The SMILES string of the molecule is O=C(CNC(=O)c1ccc(Br)s1)Nc1cccc(-c2noc(=O)[nH]2)c1. The van der Waals surface area contributed by atoms with Crippen LogP contribution in [0.1, 0.15) is 9.67 Å². The Kier molecular flexibility index (Phi) is 5.10. The van der Waals surface area contributed by atoms with Crippen molar-refractivity contribution < 1.29 is 14.1 Å². The second-order valence-electron chi connectivity index (χ2n) is 4.86. The molecule has 0 saturated carbocycles. The van der Waals surface area contributed by atoms with Gasteiger partial charge in [-0.3, -0.25) is 19.1 Å². The van der Waals surface area contributed by atoms with Crippen molar-refractivity contribution in [1.82, 2.24) is 15.5 Å². The van der Waals surface area contributed by atoms with E-state index in [1.54, 1.807) is 36.4 Å². The number of nitrogens with one attached hydrogen (secondary N) is 3. The molecule has 3 rings (SSSR count). The van der Waals surface area contributed by atoms with Crippen LogP contribution in [0.15, 0.2) is 49.5 Å². The first-order valence-corrected chi connectivity index (χ1v) is 8.62. The zero-order valence-corrected chi connectivity index (χ0v) is 14.9. The molecule has 0 unspecified atom stereocenters. The van der Waals surface area contributed by atoms with E-state index in [0.717, 1.165) is 3.79 Å². The highest BCUT2D eigenvalue weighted by Crippen LogP contribution is 2.22. The van der Waals surface area contributed by atoms with E-state index in [9.17, 15) is 14.4 Å². The summed E-state index contributed by atoms with van der Waals surface area (Å²) in [5, 5.41) is 8.79. The van der Waals surface area contributed by atoms with Gasteiger partial charge >= 0.3 is 5.76 Å². The van der Waals surface area contributed by atoms with Crippen LogP contribution in [0.25, 0.3) is 11.4 Å². The minimum Gasteiger partial charge on any atom is -0.342 e. The molecule has 0 spiro atoms. The molecule has 0 aliphatic heterocycles. The Morgan fingerprint density at radius 3 is 2.80 bits per heavy atom. The summed E-state index contributed by atoms with van der Waals surface area (Å²) in [5.74, 6) is -1.10. The number of amides is 2. The van der Waals surface area contributed by atoms with Gasteiger partial charge in [0.05, 0.1) is 15.2 Å². The molecular formula is C15H11BrN4O4S. The molecule has 2 heterocycles. The number of carbonyl (C=O) groups excluding carboxylic acids is 2. The Hall–Kier alpha value is -2.72. The molecule has 0 saturated heterocycles. The van der Waals surface area contributed by atoms with Gasteiger partial charge in [0.1, 0.15) is 0 Å². The second-order valence-corrected chi connectivity index (χ2v) is 7.32. The Bertz CT molecular complexity index is 978. The van der Waals surface area contributed by atoms with Crippen LogP contribution in [0.5, 0.6) is 0 Å². The van der Waals surface area contributed by atoms with Gasteiger partial charge in [0.2, 0.25) is 5.91 Å². The molecule has 128 valence electrons. The van der Waals surface area contributed by atoms with Crippen molar-refractivity contribution >= 4 is 44.8 Å². The number of anilines is 1. The molecule has 0 aliphatic rings. The summed E-state index contributed by atoms with van der Waals surface area (Å²) in [4.78, 5) is 37.8. The minimum absolute atomic E-state index is 0.167. The molecule has 3 N–H and O–H groups in total. The number of halogens is 1. The first kappa shape index (κ1) is 17.1. The lowest BCUT2D eigenvalue weighted by atomic mass is 10.2. The number of rotatable bonds is 5. The minimum atomic E-state index is -0.660. The van der Waals surface area contributed by atoms with Crippen molar-refractivity contribution in [2.75, 3.05) is 11.9 Å². The molecule has 2 amide bonds. The molecule has 0 fully saturated rings. The maximum absolute atomic E-state index is 12.0. The lowest BCUT2D eigenvalue weighted by Gasteiger charge is -2.07. The van der Waals surface area contributed by atoms with E-state index in [1.807, 2.05) is 0 Å². The predicted octanol–water partition coefficient (Wildman–Crippen LogP) is 2.22. The summed E-state index contributed by atoms with van der Waals surface area (Å²) in [5.41, 5.74) is 1.08. The highest BCUT2D eigenvalue weighted by Gasteiger charge is 2.11. The van der Waals surface area contributed by atoms with Gasteiger partial charge in [-0.05, 0) is 40.2 Å². The fourth-order valence-electron chi connectivity index (χ4n) is 1.99. The van der Waals surface area contributed by atoms with Gasteiger partial charge in [-0.2, -0.15) is 0 Å². The van der Waals surface area contributed by atoms with Gasteiger partial charge in [-0.25, -0.2) is 4.79 Å². The normalized spacial score (nSPS) is 10.4. The highest BCUT2D eigenvalue weighted by atomic mass is 79.9. The number of thiophene rings is 1. The van der Waals surface area contributed by atoms with Crippen LogP contribution in [-0.2, 0) is 4.79 Å². The summed E-state index contributed by atoms with van der Waals surface area (Å²) >= 11 is 4.56. The molecule has 10 heteroatoms. The summed E-state index contributed by atoms with van der Waals surface area (Å²) in [6.45, 7) is -0.167. The van der Waals surface area contributed by atoms with Gasteiger partial charge < -0.3 is 10.6 Å². The Morgan fingerprint density at radius 1 is 1.28 bits per heavy atom. The van der Waals surface area contributed by atoms with Gasteiger partial charge in [-0.1, -0.05) is 17.3 Å². The van der Waals surface area contributed by atoms with Crippen LogP contribution in [0.4, 0.5) is 5.69 Å². The van der Waals surface area contributed by atoms with E-state index in [4.69, 9.17) is 0 Å². The zero-order valence-electron chi connectivity index (χ0n) is 12.5. The van der Waals surface area contributed by atoms with E-state index in [-0.39, 0.29) is 24.2 Å². The van der Waals surface area contributed by atoms with Gasteiger partial charge in [0.25, 0.3) is 5.91 Å². The Balaban J connectivity index is 1.59. The third kappa shape index (κ3) is 4.43. The van der Waals surface area contributed by atoms with Crippen LogP contribution < -0.4 is 16.4 Å². The predicted molar refractivity (Wildman–Crippen MR) is 95.5 cm³/mol. The van der Waals surface area contributed by atoms with Crippen molar-refractivity contribution in [2.24, 2.45) is 0 Å². The number of nitrogens with zero attached hydrogens (tertiary/aromatic N) is 1. The first-order chi connectivity index (χ1) is 12.0.